The van der Waals surface area contributed by atoms with Crippen LogP contribution >= 0.6 is 0 Å². The lowest BCUT2D eigenvalue weighted by Crippen LogP contribution is -2.34. The van der Waals surface area contributed by atoms with Crippen LogP contribution in [0, 0.1) is 0 Å². The monoisotopic (exact) mass is 360 g/mol. The minimum Gasteiger partial charge on any atom is -0.497 e. The van der Waals surface area contributed by atoms with E-state index in [0.29, 0.717) is 18.0 Å². The minimum absolute atomic E-state index is 0.0949. The van der Waals surface area contributed by atoms with E-state index in [1.165, 1.54) is 5.56 Å². The summed E-state index contributed by atoms with van der Waals surface area (Å²) < 4.78 is 5.23. The number of carbonyl (C=O) groups excluding carboxylic acids is 1. The van der Waals surface area contributed by atoms with Crippen LogP contribution in [0.4, 0.5) is 5.69 Å². The summed E-state index contributed by atoms with van der Waals surface area (Å²) in [5.41, 5.74) is 2.89. The van der Waals surface area contributed by atoms with E-state index in [4.69, 9.17) is 4.74 Å². The molecule has 0 saturated heterocycles. The summed E-state index contributed by atoms with van der Waals surface area (Å²) in [4.78, 5) is 12.9. The Morgan fingerprint density at radius 1 is 0.926 bits per heavy atom. The van der Waals surface area contributed by atoms with Gasteiger partial charge in [-0.25, -0.2) is 0 Å². The van der Waals surface area contributed by atoms with Crippen molar-refractivity contribution in [2.24, 2.45) is 0 Å². The van der Waals surface area contributed by atoms with Crippen molar-refractivity contribution in [3.63, 3.8) is 0 Å². The number of anilines is 1. The van der Waals surface area contributed by atoms with Gasteiger partial charge in [-0.15, -0.1) is 0 Å². The number of ether oxygens (including phenoxy) is 1. The van der Waals surface area contributed by atoms with Gasteiger partial charge in [0.1, 0.15) is 11.8 Å². The fourth-order valence-corrected chi connectivity index (χ4v) is 2.93. The lowest BCUT2D eigenvalue weighted by atomic mass is 10.1. The van der Waals surface area contributed by atoms with E-state index in [1.54, 1.807) is 7.11 Å². The zero-order valence-electron chi connectivity index (χ0n) is 15.4. The molecule has 138 valence electrons. The van der Waals surface area contributed by atoms with Crippen LogP contribution in [0.3, 0.4) is 0 Å². The van der Waals surface area contributed by atoms with Crippen molar-refractivity contribution < 1.29 is 9.53 Å². The van der Waals surface area contributed by atoms with E-state index in [9.17, 15) is 4.79 Å². The zero-order valence-corrected chi connectivity index (χ0v) is 15.4. The SMILES string of the molecule is COc1cccc(NC(=O)[C@H](NCCc2ccccc2)c2ccccc2)c1. The Morgan fingerprint density at radius 3 is 2.33 bits per heavy atom. The van der Waals surface area contributed by atoms with Crippen molar-refractivity contribution in [3.8, 4) is 5.75 Å². The van der Waals surface area contributed by atoms with Crippen LogP contribution in [-0.4, -0.2) is 19.6 Å². The highest BCUT2D eigenvalue weighted by Gasteiger charge is 2.20. The first-order chi connectivity index (χ1) is 13.3. The molecule has 3 aromatic rings. The second kappa shape index (κ2) is 9.55. The molecule has 4 heteroatoms. The molecule has 2 N–H and O–H groups in total. The first kappa shape index (κ1) is 18.7. The fourth-order valence-electron chi connectivity index (χ4n) is 2.93. The maximum absolute atomic E-state index is 12.9. The van der Waals surface area contributed by atoms with Crippen LogP contribution < -0.4 is 15.4 Å². The highest BCUT2D eigenvalue weighted by atomic mass is 16.5. The molecule has 0 aromatic heterocycles. The summed E-state index contributed by atoms with van der Waals surface area (Å²) in [5.74, 6) is 0.614. The number of amides is 1. The average molecular weight is 360 g/mol. The lowest BCUT2D eigenvalue weighted by Gasteiger charge is -2.19. The topological polar surface area (TPSA) is 50.4 Å². The Bertz CT molecular complexity index is 851. The molecule has 0 aliphatic carbocycles. The standard InChI is InChI=1S/C23H24N2O2/c1-27-21-14-8-13-20(17-21)25-23(26)22(19-11-6-3-7-12-19)24-16-15-18-9-4-2-5-10-18/h2-14,17,22,24H,15-16H2,1H3,(H,25,26)/t22-/m1/s1. The molecule has 0 radical (unpaired) electrons. The number of rotatable bonds is 8. The lowest BCUT2D eigenvalue weighted by molar-refractivity contribution is -0.118. The van der Waals surface area contributed by atoms with E-state index >= 15 is 0 Å². The van der Waals surface area contributed by atoms with Gasteiger partial charge < -0.3 is 15.4 Å². The van der Waals surface area contributed by atoms with Crippen LogP contribution in [0.25, 0.3) is 0 Å². The van der Waals surface area contributed by atoms with Crippen molar-refractivity contribution in [3.05, 3.63) is 96.1 Å². The molecule has 0 saturated carbocycles. The largest absolute Gasteiger partial charge is 0.497 e. The number of nitrogens with one attached hydrogen (secondary N) is 2. The summed E-state index contributed by atoms with van der Waals surface area (Å²) >= 11 is 0. The summed E-state index contributed by atoms with van der Waals surface area (Å²) in [5, 5.41) is 6.37. The number of methoxy groups -OCH3 is 1. The Labute approximate surface area is 160 Å². The summed E-state index contributed by atoms with van der Waals surface area (Å²) in [6.45, 7) is 0.703. The van der Waals surface area contributed by atoms with Gasteiger partial charge in [-0.2, -0.15) is 0 Å². The van der Waals surface area contributed by atoms with Gasteiger partial charge in [0.15, 0.2) is 0 Å². The highest BCUT2D eigenvalue weighted by Crippen LogP contribution is 2.20. The molecule has 3 rings (SSSR count). The highest BCUT2D eigenvalue weighted by molar-refractivity contribution is 5.95. The van der Waals surface area contributed by atoms with Gasteiger partial charge in [-0.1, -0.05) is 66.7 Å². The van der Waals surface area contributed by atoms with E-state index in [0.717, 1.165) is 12.0 Å². The van der Waals surface area contributed by atoms with Crippen molar-refractivity contribution in [1.29, 1.82) is 0 Å². The van der Waals surface area contributed by atoms with Gasteiger partial charge in [0.05, 0.1) is 7.11 Å². The molecule has 0 aliphatic heterocycles. The molecule has 3 aromatic carbocycles. The van der Waals surface area contributed by atoms with Gasteiger partial charge in [0.2, 0.25) is 5.91 Å². The molecule has 0 aliphatic rings. The Hall–Kier alpha value is -3.11. The number of benzene rings is 3. The second-order valence-electron chi connectivity index (χ2n) is 6.25. The van der Waals surface area contributed by atoms with Crippen LogP contribution in [-0.2, 0) is 11.2 Å². The van der Waals surface area contributed by atoms with Gasteiger partial charge >= 0.3 is 0 Å². The first-order valence-corrected chi connectivity index (χ1v) is 9.03. The van der Waals surface area contributed by atoms with Gasteiger partial charge in [-0.05, 0) is 29.7 Å². The predicted octanol–water partition coefficient (Wildman–Crippen LogP) is 4.21. The third kappa shape index (κ3) is 5.43. The minimum atomic E-state index is -0.430. The maximum atomic E-state index is 12.9. The van der Waals surface area contributed by atoms with Gasteiger partial charge in [-0.3, -0.25) is 4.79 Å². The third-order valence-electron chi connectivity index (χ3n) is 4.34. The first-order valence-electron chi connectivity index (χ1n) is 9.03. The van der Waals surface area contributed by atoms with Crippen LogP contribution in [0.2, 0.25) is 0 Å². The van der Waals surface area contributed by atoms with Crippen LogP contribution in [0.15, 0.2) is 84.9 Å². The molecule has 1 amide bonds. The molecule has 1 atom stereocenters. The summed E-state index contributed by atoms with van der Waals surface area (Å²) in [6, 6.07) is 26.9. The van der Waals surface area contributed by atoms with Crippen molar-refractivity contribution in [1.82, 2.24) is 5.32 Å². The molecule has 0 unspecified atom stereocenters. The average Bonchev–Trinajstić information content (AvgIpc) is 2.72. The zero-order chi connectivity index (χ0) is 18.9. The molecular formula is C23H24N2O2. The predicted molar refractivity (Wildman–Crippen MR) is 109 cm³/mol. The third-order valence-corrected chi connectivity index (χ3v) is 4.34. The molecule has 0 spiro atoms. The Balaban J connectivity index is 1.70. The molecule has 0 heterocycles. The molecule has 4 nitrogen and oxygen atoms in total. The summed E-state index contributed by atoms with van der Waals surface area (Å²) in [6.07, 6.45) is 0.858. The van der Waals surface area contributed by atoms with E-state index < -0.39 is 6.04 Å². The quantitative estimate of drug-likeness (QED) is 0.633. The Kier molecular flexibility index (Phi) is 6.61. The van der Waals surface area contributed by atoms with Crippen molar-refractivity contribution >= 4 is 11.6 Å². The smallest absolute Gasteiger partial charge is 0.246 e. The molecule has 27 heavy (non-hydrogen) atoms. The number of carbonyl (C=O) groups is 1. The fraction of sp³-hybridized carbons (Fsp3) is 0.174. The Morgan fingerprint density at radius 2 is 1.63 bits per heavy atom. The second-order valence-corrected chi connectivity index (χ2v) is 6.25. The van der Waals surface area contributed by atoms with E-state index in [2.05, 4.69) is 22.8 Å². The summed E-state index contributed by atoms with van der Waals surface area (Å²) in [7, 11) is 1.61. The number of hydrogen-bond acceptors (Lipinski definition) is 3. The van der Waals surface area contributed by atoms with E-state index in [-0.39, 0.29) is 5.91 Å². The maximum Gasteiger partial charge on any atom is 0.246 e. The van der Waals surface area contributed by atoms with Gasteiger partial charge in [0, 0.05) is 18.3 Å². The molecular weight excluding hydrogens is 336 g/mol. The van der Waals surface area contributed by atoms with Crippen molar-refractivity contribution in [2.45, 2.75) is 12.5 Å². The molecule has 0 bridgehead atoms. The normalized spacial score (nSPS) is 11.6. The van der Waals surface area contributed by atoms with E-state index in [1.807, 2.05) is 72.8 Å². The van der Waals surface area contributed by atoms with Crippen molar-refractivity contribution in [2.75, 3.05) is 19.0 Å². The van der Waals surface area contributed by atoms with Gasteiger partial charge in [0.25, 0.3) is 0 Å². The molecule has 0 fully saturated rings. The van der Waals surface area contributed by atoms with Crippen LogP contribution in [0.5, 0.6) is 5.75 Å². The van der Waals surface area contributed by atoms with Crippen LogP contribution in [0.1, 0.15) is 17.2 Å². The number of hydrogen-bond donors (Lipinski definition) is 2.